The van der Waals surface area contributed by atoms with Crippen LogP contribution < -0.4 is 10.6 Å². The molecule has 3 nitrogen and oxygen atoms in total. The first-order valence-electron chi connectivity index (χ1n) is 5.05. The van der Waals surface area contributed by atoms with Gasteiger partial charge in [-0.15, -0.1) is 0 Å². The van der Waals surface area contributed by atoms with Crippen LogP contribution in [0.1, 0.15) is 19.4 Å². The molecule has 3 heteroatoms. The van der Waals surface area contributed by atoms with Crippen LogP contribution >= 0.6 is 0 Å². The molecular formula is C12H17N3. The van der Waals surface area contributed by atoms with E-state index in [4.69, 9.17) is 11.0 Å². The number of nitrogens with two attached hydrogens (primary N) is 1. The average molecular weight is 203 g/mol. The summed E-state index contributed by atoms with van der Waals surface area (Å²) in [5.41, 5.74) is 8.14. The van der Waals surface area contributed by atoms with Gasteiger partial charge in [0.15, 0.2) is 0 Å². The van der Waals surface area contributed by atoms with Gasteiger partial charge in [-0.3, -0.25) is 0 Å². The van der Waals surface area contributed by atoms with Crippen molar-refractivity contribution in [2.24, 2.45) is 5.92 Å². The molecule has 15 heavy (non-hydrogen) atoms. The Hall–Kier alpha value is -1.69. The number of nitrogens with zero attached hydrogens (tertiary/aromatic N) is 2. The molecule has 0 radical (unpaired) electrons. The predicted molar refractivity (Wildman–Crippen MR) is 63.7 cm³/mol. The number of anilines is 2. The van der Waals surface area contributed by atoms with Crippen LogP contribution in [-0.4, -0.2) is 13.6 Å². The number of hydrogen-bond donors (Lipinski definition) is 1. The van der Waals surface area contributed by atoms with Crippen molar-refractivity contribution >= 4 is 11.4 Å². The Morgan fingerprint density at radius 2 is 2.13 bits per heavy atom. The molecule has 0 saturated heterocycles. The molecule has 0 heterocycles. The van der Waals surface area contributed by atoms with Gasteiger partial charge >= 0.3 is 0 Å². The topological polar surface area (TPSA) is 53.0 Å². The first-order valence-corrected chi connectivity index (χ1v) is 5.05. The lowest BCUT2D eigenvalue weighted by atomic mass is 10.1. The molecule has 80 valence electrons. The molecule has 0 spiro atoms. The highest BCUT2D eigenvalue weighted by Gasteiger charge is 2.07. The monoisotopic (exact) mass is 203 g/mol. The number of rotatable bonds is 3. The van der Waals surface area contributed by atoms with Crippen molar-refractivity contribution in [3.05, 3.63) is 23.8 Å². The summed E-state index contributed by atoms with van der Waals surface area (Å²) in [5, 5.41) is 8.72. The lowest BCUT2D eigenvalue weighted by Crippen LogP contribution is -2.23. The highest BCUT2D eigenvalue weighted by molar-refractivity contribution is 5.69. The van der Waals surface area contributed by atoms with Crippen molar-refractivity contribution in [2.75, 3.05) is 24.2 Å². The summed E-state index contributed by atoms with van der Waals surface area (Å²) in [6.45, 7) is 5.28. The second kappa shape index (κ2) is 4.70. The fourth-order valence-electron chi connectivity index (χ4n) is 1.62. The van der Waals surface area contributed by atoms with E-state index in [1.807, 2.05) is 13.1 Å². The molecule has 0 aliphatic rings. The number of hydrogen-bond acceptors (Lipinski definition) is 3. The lowest BCUT2D eigenvalue weighted by molar-refractivity contribution is 0.639. The van der Waals surface area contributed by atoms with E-state index in [0.717, 1.165) is 12.2 Å². The molecule has 0 atom stereocenters. The van der Waals surface area contributed by atoms with E-state index >= 15 is 0 Å². The molecule has 1 aromatic carbocycles. The largest absolute Gasteiger partial charge is 0.397 e. The summed E-state index contributed by atoms with van der Waals surface area (Å²) in [5.74, 6) is 0.588. The van der Waals surface area contributed by atoms with Gasteiger partial charge in [-0.05, 0) is 24.1 Å². The van der Waals surface area contributed by atoms with Crippen molar-refractivity contribution in [3.8, 4) is 6.07 Å². The van der Waals surface area contributed by atoms with Gasteiger partial charge in [-0.2, -0.15) is 5.26 Å². The van der Waals surface area contributed by atoms with Gasteiger partial charge in [0.05, 0.1) is 23.0 Å². The van der Waals surface area contributed by atoms with Gasteiger partial charge < -0.3 is 10.6 Å². The van der Waals surface area contributed by atoms with E-state index in [-0.39, 0.29) is 0 Å². The van der Waals surface area contributed by atoms with Crippen LogP contribution in [0.4, 0.5) is 11.4 Å². The van der Waals surface area contributed by atoms with Crippen molar-refractivity contribution < 1.29 is 0 Å². The Labute approximate surface area is 91.1 Å². The van der Waals surface area contributed by atoms with E-state index in [9.17, 15) is 0 Å². The van der Waals surface area contributed by atoms with Crippen molar-refractivity contribution in [1.29, 1.82) is 5.26 Å². The minimum atomic E-state index is 0.588. The maximum absolute atomic E-state index is 8.72. The second-order valence-electron chi connectivity index (χ2n) is 4.16. The third-order valence-corrected chi connectivity index (χ3v) is 2.21. The zero-order valence-corrected chi connectivity index (χ0v) is 9.49. The highest BCUT2D eigenvalue weighted by Crippen LogP contribution is 2.23. The molecule has 1 aromatic rings. The molecular weight excluding hydrogens is 186 g/mol. The zero-order valence-electron chi connectivity index (χ0n) is 9.49. The van der Waals surface area contributed by atoms with E-state index < -0.39 is 0 Å². The Balaban J connectivity index is 2.91. The second-order valence-corrected chi connectivity index (χ2v) is 4.16. The third kappa shape index (κ3) is 2.88. The molecule has 0 bridgehead atoms. The van der Waals surface area contributed by atoms with Crippen LogP contribution in [0.25, 0.3) is 0 Å². The first kappa shape index (κ1) is 11.4. The quantitative estimate of drug-likeness (QED) is 0.766. The molecule has 2 N–H and O–H groups in total. The fourth-order valence-corrected chi connectivity index (χ4v) is 1.62. The van der Waals surface area contributed by atoms with Gasteiger partial charge in [0.1, 0.15) is 0 Å². The first-order chi connectivity index (χ1) is 7.04. The molecule has 0 aliphatic carbocycles. The average Bonchev–Trinajstić information content (AvgIpc) is 2.16. The molecule has 0 fully saturated rings. The van der Waals surface area contributed by atoms with Gasteiger partial charge in [0, 0.05) is 13.6 Å². The minimum absolute atomic E-state index is 0.588. The summed E-state index contributed by atoms with van der Waals surface area (Å²) >= 11 is 0. The number of benzene rings is 1. The van der Waals surface area contributed by atoms with Gasteiger partial charge in [0.2, 0.25) is 0 Å². The summed E-state index contributed by atoms with van der Waals surface area (Å²) in [4.78, 5) is 2.11. The van der Waals surface area contributed by atoms with Crippen LogP contribution in [-0.2, 0) is 0 Å². The normalized spacial score (nSPS) is 10.1. The van der Waals surface area contributed by atoms with Crippen LogP contribution in [0.3, 0.4) is 0 Å². The molecule has 0 aliphatic heterocycles. The summed E-state index contributed by atoms with van der Waals surface area (Å²) < 4.78 is 0. The third-order valence-electron chi connectivity index (χ3n) is 2.21. The van der Waals surface area contributed by atoms with Gasteiger partial charge in [-0.1, -0.05) is 13.8 Å². The lowest BCUT2D eigenvalue weighted by Gasteiger charge is -2.23. The number of nitriles is 1. The molecule has 0 aromatic heterocycles. The van der Waals surface area contributed by atoms with Crippen molar-refractivity contribution in [1.82, 2.24) is 0 Å². The smallest absolute Gasteiger partial charge is 0.0992 e. The minimum Gasteiger partial charge on any atom is -0.397 e. The van der Waals surface area contributed by atoms with E-state index in [2.05, 4.69) is 24.8 Å². The van der Waals surface area contributed by atoms with Crippen LogP contribution in [0, 0.1) is 17.2 Å². The molecule has 0 amide bonds. The summed E-state index contributed by atoms with van der Waals surface area (Å²) in [6, 6.07) is 7.48. The van der Waals surface area contributed by atoms with E-state index in [1.165, 1.54) is 0 Å². The SMILES string of the molecule is CC(C)CN(C)c1ccc(C#N)cc1N. The van der Waals surface area contributed by atoms with Crippen molar-refractivity contribution in [2.45, 2.75) is 13.8 Å². The van der Waals surface area contributed by atoms with Gasteiger partial charge in [-0.25, -0.2) is 0 Å². The van der Waals surface area contributed by atoms with Crippen LogP contribution in [0.5, 0.6) is 0 Å². The Morgan fingerprint density at radius 3 is 2.60 bits per heavy atom. The Morgan fingerprint density at radius 1 is 1.47 bits per heavy atom. The van der Waals surface area contributed by atoms with Crippen molar-refractivity contribution in [3.63, 3.8) is 0 Å². The standard InChI is InChI=1S/C12H17N3/c1-9(2)8-15(3)12-5-4-10(7-13)6-11(12)14/h4-6,9H,8,14H2,1-3H3. The summed E-state index contributed by atoms with van der Waals surface area (Å²) in [7, 11) is 2.01. The highest BCUT2D eigenvalue weighted by atomic mass is 15.1. The molecule has 1 rings (SSSR count). The number of nitrogen functional groups attached to an aromatic ring is 1. The summed E-state index contributed by atoms with van der Waals surface area (Å²) in [6.07, 6.45) is 0. The molecule has 0 saturated carbocycles. The van der Waals surface area contributed by atoms with E-state index in [0.29, 0.717) is 17.2 Å². The zero-order chi connectivity index (χ0) is 11.4. The predicted octanol–water partition coefficient (Wildman–Crippen LogP) is 2.23. The Bertz CT molecular complexity index is 377. The maximum atomic E-state index is 8.72. The fraction of sp³-hybridized carbons (Fsp3) is 0.417. The van der Waals surface area contributed by atoms with Gasteiger partial charge in [0.25, 0.3) is 0 Å². The molecule has 0 unspecified atom stereocenters. The van der Waals surface area contributed by atoms with Crippen LogP contribution in [0.15, 0.2) is 18.2 Å². The Kier molecular flexibility index (Phi) is 3.56. The van der Waals surface area contributed by atoms with Crippen LogP contribution in [0.2, 0.25) is 0 Å². The maximum Gasteiger partial charge on any atom is 0.0992 e. The van der Waals surface area contributed by atoms with E-state index in [1.54, 1.807) is 12.1 Å².